The van der Waals surface area contributed by atoms with Crippen molar-refractivity contribution < 1.29 is 19.1 Å². The minimum absolute atomic E-state index is 0.0397. The van der Waals surface area contributed by atoms with Gasteiger partial charge in [-0.2, -0.15) is 11.3 Å². The summed E-state index contributed by atoms with van der Waals surface area (Å²) in [5, 5.41) is 7.82. The van der Waals surface area contributed by atoms with Crippen molar-refractivity contribution in [3.05, 3.63) is 52.5 Å². The highest BCUT2D eigenvalue weighted by Crippen LogP contribution is 2.23. The van der Waals surface area contributed by atoms with Crippen LogP contribution in [0.3, 0.4) is 0 Å². The molecule has 0 unspecified atom stereocenters. The molecular formula is C21H22N4O4S. The lowest BCUT2D eigenvalue weighted by Crippen LogP contribution is -2.42. The predicted molar refractivity (Wildman–Crippen MR) is 111 cm³/mol. The molecule has 8 nitrogen and oxygen atoms in total. The van der Waals surface area contributed by atoms with Crippen molar-refractivity contribution in [1.29, 1.82) is 0 Å². The molecule has 0 aromatic carbocycles. The van der Waals surface area contributed by atoms with Crippen LogP contribution in [-0.4, -0.2) is 71.2 Å². The minimum Gasteiger partial charge on any atom is -0.371 e. The third-order valence-electron chi connectivity index (χ3n) is 5.48. The molecule has 2 saturated heterocycles. The predicted octanol–water partition coefficient (Wildman–Crippen LogP) is 1.59. The van der Waals surface area contributed by atoms with Crippen LogP contribution in [0, 0.1) is 0 Å². The van der Waals surface area contributed by atoms with E-state index in [2.05, 4.69) is 15.3 Å². The molecule has 5 heterocycles. The fraction of sp³-hybridized carbons (Fsp3) is 0.381. The number of ether oxygens (including phenoxy) is 2. The monoisotopic (exact) mass is 426 g/mol. The number of hydrogen-bond donors (Lipinski definition) is 2. The Morgan fingerprint density at radius 1 is 1.23 bits per heavy atom. The van der Waals surface area contributed by atoms with Crippen LogP contribution in [0.25, 0.3) is 11.0 Å². The first-order valence-electron chi connectivity index (χ1n) is 9.92. The first-order chi connectivity index (χ1) is 14.7. The summed E-state index contributed by atoms with van der Waals surface area (Å²) < 4.78 is 12.0. The van der Waals surface area contributed by atoms with Crippen LogP contribution >= 0.6 is 11.3 Å². The van der Waals surface area contributed by atoms with Crippen LogP contribution < -0.4 is 5.32 Å². The number of likely N-dealkylation sites (tertiary alicyclic amines) is 1. The van der Waals surface area contributed by atoms with Gasteiger partial charge in [-0.15, -0.1) is 0 Å². The summed E-state index contributed by atoms with van der Waals surface area (Å²) in [4.78, 5) is 34.2. The molecule has 0 spiro atoms. The largest absolute Gasteiger partial charge is 0.371 e. The number of carbonyl (C=O) groups is 2. The number of hydrogen-bond acceptors (Lipinski definition) is 6. The number of thiophene rings is 1. The van der Waals surface area contributed by atoms with Crippen LogP contribution in [-0.2, 0) is 20.7 Å². The molecule has 3 aromatic rings. The lowest BCUT2D eigenvalue weighted by Gasteiger charge is -2.19. The van der Waals surface area contributed by atoms with Crippen LogP contribution in [0.15, 0.2) is 41.4 Å². The second kappa shape index (κ2) is 8.17. The van der Waals surface area contributed by atoms with Gasteiger partial charge in [-0.05, 0) is 34.5 Å². The molecule has 0 aliphatic carbocycles. The average Bonchev–Trinajstić information content (AvgIpc) is 3.48. The summed E-state index contributed by atoms with van der Waals surface area (Å²) >= 11 is 1.58. The van der Waals surface area contributed by atoms with Gasteiger partial charge in [0.15, 0.2) is 0 Å². The lowest BCUT2D eigenvalue weighted by atomic mass is 10.2. The molecule has 2 amide bonds. The van der Waals surface area contributed by atoms with E-state index in [1.54, 1.807) is 28.6 Å². The highest BCUT2D eigenvalue weighted by molar-refractivity contribution is 7.08. The average molecular weight is 426 g/mol. The van der Waals surface area contributed by atoms with Crippen molar-refractivity contribution in [2.24, 2.45) is 0 Å². The number of nitrogens with zero attached hydrogens (tertiary/aromatic N) is 2. The Hall–Kier alpha value is -2.75. The molecule has 5 rings (SSSR count). The highest BCUT2D eigenvalue weighted by Gasteiger charge is 2.39. The molecule has 2 atom stereocenters. The van der Waals surface area contributed by atoms with Crippen molar-refractivity contribution in [1.82, 2.24) is 20.2 Å². The molecule has 0 radical (unpaired) electrons. The van der Waals surface area contributed by atoms with Crippen molar-refractivity contribution in [2.75, 3.05) is 26.3 Å². The summed E-state index contributed by atoms with van der Waals surface area (Å²) in [6, 6.07) is 5.50. The van der Waals surface area contributed by atoms with Gasteiger partial charge in [0.05, 0.1) is 31.2 Å². The number of pyridine rings is 1. The van der Waals surface area contributed by atoms with Crippen molar-refractivity contribution in [3.8, 4) is 0 Å². The maximum absolute atomic E-state index is 12.9. The quantitative estimate of drug-likeness (QED) is 0.661. The Bertz CT molecular complexity index is 1030. The van der Waals surface area contributed by atoms with Gasteiger partial charge in [0.25, 0.3) is 5.91 Å². The number of rotatable bonds is 4. The molecule has 2 N–H and O–H groups in total. The first kappa shape index (κ1) is 19.2. The zero-order chi connectivity index (χ0) is 20.5. The third-order valence-corrected chi connectivity index (χ3v) is 6.21. The van der Waals surface area contributed by atoms with E-state index >= 15 is 0 Å². The topological polar surface area (TPSA) is 96.5 Å². The maximum atomic E-state index is 12.9. The van der Waals surface area contributed by atoms with E-state index in [1.807, 2.05) is 29.0 Å². The first-order valence-corrected chi connectivity index (χ1v) is 10.9. The number of aromatic amines is 1. The summed E-state index contributed by atoms with van der Waals surface area (Å²) in [6.45, 7) is 1.67. The maximum Gasteiger partial charge on any atom is 0.255 e. The molecule has 30 heavy (non-hydrogen) atoms. The normalized spacial score (nSPS) is 22.1. The van der Waals surface area contributed by atoms with E-state index in [1.165, 1.54) is 0 Å². The number of H-pyrrole nitrogens is 1. The standard InChI is InChI=1S/C21H22N4O4S/c26-19(5-13-2-4-30-12-13)24-16-10-28-17-8-25(9-18(17)29-11-16)21(27)15-6-14-1-3-22-20(14)23-7-15/h1-4,6-7,12,16-18H,5,8-11H2,(H,22,23)(H,24,26)/t17-,18-/m0/s1. The van der Waals surface area contributed by atoms with Gasteiger partial charge in [0.2, 0.25) is 5.91 Å². The van der Waals surface area contributed by atoms with Crippen molar-refractivity contribution in [2.45, 2.75) is 24.7 Å². The third kappa shape index (κ3) is 3.96. The summed E-state index contributed by atoms with van der Waals surface area (Å²) in [6.07, 6.45) is 3.36. The van der Waals surface area contributed by atoms with Gasteiger partial charge >= 0.3 is 0 Å². The lowest BCUT2D eigenvalue weighted by molar-refractivity contribution is -0.121. The molecule has 2 aliphatic heterocycles. The highest BCUT2D eigenvalue weighted by atomic mass is 32.1. The van der Waals surface area contributed by atoms with Crippen LogP contribution in [0.5, 0.6) is 0 Å². The van der Waals surface area contributed by atoms with E-state index in [0.717, 1.165) is 16.6 Å². The molecule has 3 aromatic heterocycles. The van der Waals surface area contributed by atoms with Gasteiger partial charge in [-0.25, -0.2) is 4.98 Å². The Labute approximate surface area is 177 Å². The van der Waals surface area contributed by atoms with Gasteiger partial charge in [-0.1, -0.05) is 0 Å². The Kier molecular flexibility index (Phi) is 5.24. The Morgan fingerprint density at radius 2 is 2.03 bits per heavy atom. The van der Waals surface area contributed by atoms with E-state index in [9.17, 15) is 9.59 Å². The molecule has 0 saturated carbocycles. The summed E-state index contributed by atoms with van der Waals surface area (Å²) in [7, 11) is 0. The number of nitrogens with one attached hydrogen (secondary N) is 2. The van der Waals surface area contributed by atoms with Gasteiger partial charge < -0.3 is 24.7 Å². The number of aromatic nitrogens is 2. The van der Waals surface area contributed by atoms with E-state index in [-0.39, 0.29) is 30.1 Å². The summed E-state index contributed by atoms with van der Waals surface area (Å²) in [5.41, 5.74) is 2.32. The molecule has 0 bridgehead atoms. The molecule has 2 aliphatic rings. The second-order valence-electron chi connectivity index (χ2n) is 7.67. The van der Waals surface area contributed by atoms with Crippen molar-refractivity contribution >= 4 is 34.2 Å². The fourth-order valence-electron chi connectivity index (χ4n) is 3.94. The molecule has 2 fully saturated rings. The number of amides is 2. The van der Waals surface area contributed by atoms with Gasteiger partial charge in [0.1, 0.15) is 17.9 Å². The molecular weight excluding hydrogens is 404 g/mol. The Balaban J connectivity index is 1.16. The van der Waals surface area contributed by atoms with Crippen LogP contribution in [0.4, 0.5) is 0 Å². The fourth-order valence-corrected chi connectivity index (χ4v) is 4.61. The molecule has 156 valence electrons. The smallest absolute Gasteiger partial charge is 0.255 e. The van der Waals surface area contributed by atoms with Crippen LogP contribution in [0.2, 0.25) is 0 Å². The Morgan fingerprint density at radius 3 is 2.77 bits per heavy atom. The van der Waals surface area contributed by atoms with Gasteiger partial charge in [0, 0.05) is 30.9 Å². The minimum atomic E-state index is -0.198. The SMILES string of the molecule is O=C(Cc1ccsc1)NC1CO[C@H]2CN(C(=O)c3cnc4[nH]ccc4c3)C[C@@H]2OC1. The summed E-state index contributed by atoms with van der Waals surface area (Å²) in [5.74, 6) is -0.117. The number of fused-ring (bicyclic) bond motifs is 2. The van der Waals surface area contributed by atoms with Crippen molar-refractivity contribution in [3.63, 3.8) is 0 Å². The molecule has 9 heteroatoms. The van der Waals surface area contributed by atoms with E-state index in [4.69, 9.17) is 9.47 Å². The zero-order valence-electron chi connectivity index (χ0n) is 16.2. The van der Waals surface area contributed by atoms with Gasteiger partial charge in [-0.3, -0.25) is 9.59 Å². The second-order valence-corrected chi connectivity index (χ2v) is 8.45. The number of carbonyl (C=O) groups excluding carboxylic acids is 2. The van der Waals surface area contributed by atoms with E-state index < -0.39 is 0 Å². The van der Waals surface area contributed by atoms with Crippen LogP contribution in [0.1, 0.15) is 15.9 Å². The zero-order valence-corrected chi connectivity index (χ0v) is 17.1. The van der Waals surface area contributed by atoms with E-state index in [0.29, 0.717) is 38.3 Å².